The van der Waals surface area contributed by atoms with Crippen molar-refractivity contribution in [2.75, 3.05) is 0 Å². The molecular formula is C12H15ClN4. The molecule has 0 atom stereocenters. The Morgan fingerprint density at radius 1 is 1.24 bits per heavy atom. The molecule has 0 fully saturated rings. The van der Waals surface area contributed by atoms with Crippen molar-refractivity contribution in [1.29, 1.82) is 0 Å². The predicted molar refractivity (Wildman–Crippen MR) is 67.1 cm³/mol. The van der Waals surface area contributed by atoms with Crippen molar-refractivity contribution >= 4 is 11.6 Å². The van der Waals surface area contributed by atoms with E-state index in [1.165, 1.54) is 0 Å². The zero-order valence-corrected chi connectivity index (χ0v) is 10.8. The lowest BCUT2D eigenvalue weighted by atomic mass is 10.3. The molecule has 4 nitrogen and oxygen atoms in total. The minimum Gasteiger partial charge on any atom is -0.245 e. The SMILES string of the molecule is CCc1nc(CC)n(Cc2ccc(Cl)nc2)n1. The molecule has 5 heteroatoms. The molecule has 2 rings (SSSR count). The van der Waals surface area contributed by atoms with Crippen LogP contribution in [-0.2, 0) is 19.4 Å². The van der Waals surface area contributed by atoms with Crippen molar-refractivity contribution in [3.63, 3.8) is 0 Å². The molecule has 17 heavy (non-hydrogen) atoms. The Morgan fingerprint density at radius 2 is 2.06 bits per heavy atom. The van der Waals surface area contributed by atoms with Crippen LogP contribution in [0.3, 0.4) is 0 Å². The van der Waals surface area contributed by atoms with Crippen LogP contribution in [0.15, 0.2) is 18.3 Å². The van der Waals surface area contributed by atoms with Crippen LogP contribution in [0, 0.1) is 0 Å². The Balaban J connectivity index is 2.22. The van der Waals surface area contributed by atoms with Gasteiger partial charge in [-0.1, -0.05) is 31.5 Å². The summed E-state index contributed by atoms with van der Waals surface area (Å²) in [5.41, 5.74) is 1.08. The Bertz CT molecular complexity index is 490. The summed E-state index contributed by atoms with van der Waals surface area (Å²) in [5, 5.41) is 4.97. The zero-order valence-electron chi connectivity index (χ0n) is 10.0. The van der Waals surface area contributed by atoms with Gasteiger partial charge < -0.3 is 0 Å². The second-order valence-electron chi connectivity index (χ2n) is 3.80. The lowest BCUT2D eigenvalue weighted by Crippen LogP contribution is -2.06. The third-order valence-corrected chi connectivity index (χ3v) is 2.77. The van der Waals surface area contributed by atoms with Gasteiger partial charge in [0.15, 0.2) is 5.82 Å². The maximum Gasteiger partial charge on any atom is 0.150 e. The summed E-state index contributed by atoms with van der Waals surface area (Å²) >= 11 is 5.75. The van der Waals surface area contributed by atoms with E-state index in [2.05, 4.69) is 28.9 Å². The Labute approximate surface area is 106 Å². The molecule has 0 aromatic carbocycles. The summed E-state index contributed by atoms with van der Waals surface area (Å²) in [7, 11) is 0. The highest BCUT2D eigenvalue weighted by molar-refractivity contribution is 6.29. The van der Waals surface area contributed by atoms with Gasteiger partial charge in [-0.3, -0.25) is 0 Å². The van der Waals surface area contributed by atoms with Gasteiger partial charge in [0, 0.05) is 19.0 Å². The van der Waals surface area contributed by atoms with E-state index < -0.39 is 0 Å². The van der Waals surface area contributed by atoms with Crippen molar-refractivity contribution in [3.8, 4) is 0 Å². The van der Waals surface area contributed by atoms with Crippen molar-refractivity contribution in [2.45, 2.75) is 33.2 Å². The second-order valence-corrected chi connectivity index (χ2v) is 4.19. The average molecular weight is 251 g/mol. The van der Waals surface area contributed by atoms with E-state index in [9.17, 15) is 0 Å². The summed E-state index contributed by atoms with van der Waals surface area (Å²) in [6.07, 6.45) is 3.52. The Morgan fingerprint density at radius 3 is 2.65 bits per heavy atom. The number of aromatic nitrogens is 4. The summed E-state index contributed by atoms with van der Waals surface area (Å²) in [6, 6.07) is 3.75. The molecule has 0 spiro atoms. The molecule has 0 saturated heterocycles. The fraction of sp³-hybridized carbons (Fsp3) is 0.417. The van der Waals surface area contributed by atoms with Crippen LogP contribution in [0.1, 0.15) is 31.1 Å². The predicted octanol–water partition coefficient (Wildman–Crippen LogP) is 2.50. The van der Waals surface area contributed by atoms with Crippen molar-refractivity contribution in [1.82, 2.24) is 19.7 Å². The van der Waals surface area contributed by atoms with E-state index in [-0.39, 0.29) is 0 Å². The molecule has 0 aliphatic rings. The number of nitrogens with zero attached hydrogens (tertiary/aromatic N) is 4. The molecule has 0 bridgehead atoms. The number of rotatable bonds is 4. The normalized spacial score (nSPS) is 10.8. The fourth-order valence-corrected chi connectivity index (χ4v) is 1.75. The minimum absolute atomic E-state index is 0.511. The van der Waals surface area contributed by atoms with E-state index in [0.29, 0.717) is 11.7 Å². The number of hydrogen-bond donors (Lipinski definition) is 0. The molecule has 90 valence electrons. The van der Waals surface area contributed by atoms with Gasteiger partial charge in [0.25, 0.3) is 0 Å². The molecule has 0 unspecified atom stereocenters. The molecule has 2 aromatic rings. The summed E-state index contributed by atoms with van der Waals surface area (Å²) in [5.74, 6) is 1.90. The summed E-state index contributed by atoms with van der Waals surface area (Å²) < 4.78 is 1.93. The van der Waals surface area contributed by atoms with Crippen LogP contribution in [0.4, 0.5) is 0 Å². The Kier molecular flexibility index (Phi) is 3.74. The van der Waals surface area contributed by atoms with Gasteiger partial charge in [-0.25, -0.2) is 14.6 Å². The summed E-state index contributed by atoms with van der Waals surface area (Å²) in [4.78, 5) is 8.53. The van der Waals surface area contributed by atoms with E-state index >= 15 is 0 Å². The van der Waals surface area contributed by atoms with Gasteiger partial charge >= 0.3 is 0 Å². The van der Waals surface area contributed by atoms with Gasteiger partial charge in [0.2, 0.25) is 0 Å². The lowest BCUT2D eigenvalue weighted by Gasteiger charge is -2.04. The van der Waals surface area contributed by atoms with Crippen molar-refractivity contribution in [3.05, 3.63) is 40.7 Å². The van der Waals surface area contributed by atoms with Gasteiger partial charge in [-0.05, 0) is 11.6 Å². The topological polar surface area (TPSA) is 43.6 Å². The van der Waals surface area contributed by atoms with Crippen LogP contribution < -0.4 is 0 Å². The molecule has 0 N–H and O–H groups in total. The summed E-state index contributed by atoms with van der Waals surface area (Å²) in [6.45, 7) is 4.84. The maximum absolute atomic E-state index is 5.75. The highest BCUT2D eigenvalue weighted by atomic mass is 35.5. The number of aryl methyl sites for hydroxylation is 2. The largest absolute Gasteiger partial charge is 0.245 e. The van der Waals surface area contributed by atoms with Gasteiger partial charge in [-0.15, -0.1) is 0 Å². The third-order valence-electron chi connectivity index (χ3n) is 2.55. The minimum atomic E-state index is 0.511. The van der Waals surface area contributed by atoms with Gasteiger partial charge in [0.05, 0.1) is 6.54 Å². The van der Waals surface area contributed by atoms with E-state index in [0.717, 1.165) is 30.1 Å². The van der Waals surface area contributed by atoms with Crippen molar-refractivity contribution in [2.24, 2.45) is 0 Å². The first kappa shape index (κ1) is 12.0. The van der Waals surface area contributed by atoms with Crippen LogP contribution in [-0.4, -0.2) is 19.7 Å². The molecule has 0 aliphatic carbocycles. The second kappa shape index (κ2) is 5.27. The van der Waals surface area contributed by atoms with Gasteiger partial charge in [0.1, 0.15) is 11.0 Å². The highest BCUT2D eigenvalue weighted by Gasteiger charge is 2.07. The number of pyridine rings is 1. The molecular weight excluding hydrogens is 236 g/mol. The molecule has 0 radical (unpaired) electrons. The van der Waals surface area contributed by atoms with Gasteiger partial charge in [-0.2, -0.15) is 5.10 Å². The van der Waals surface area contributed by atoms with Crippen LogP contribution >= 0.6 is 11.6 Å². The average Bonchev–Trinajstić information content (AvgIpc) is 2.74. The quantitative estimate of drug-likeness (QED) is 0.783. The monoisotopic (exact) mass is 250 g/mol. The number of halogens is 1. The highest BCUT2D eigenvalue weighted by Crippen LogP contribution is 2.08. The first-order valence-corrected chi connectivity index (χ1v) is 6.13. The van der Waals surface area contributed by atoms with E-state index in [1.807, 2.05) is 10.7 Å². The van der Waals surface area contributed by atoms with Crippen molar-refractivity contribution < 1.29 is 0 Å². The molecule has 0 saturated carbocycles. The first-order valence-electron chi connectivity index (χ1n) is 5.76. The lowest BCUT2D eigenvalue weighted by molar-refractivity contribution is 0.636. The fourth-order valence-electron chi connectivity index (χ4n) is 1.64. The number of hydrogen-bond acceptors (Lipinski definition) is 3. The van der Waals surface area contributed by atoms with E-state index in [4.69, 9.17) is 11.6 Å². The van der Waals surface area contributed by atoms with Crippen LogP contribution in [0.5, 0.6) is 0 Å². The maximum atomic E-state index is 5.75. The van der Waals surface area contributed by atoms with Crippen LogP contribution in [0.2, 0.25) is 5.15 Å². The molecule has 2 aromatic heterocycles. The van der Waals surface area contributed by atoms with Crippen LogP contribution in [0.25, 0.3) is 0 Å². The Hall–Kier alpha value is -1.42. The first-order chi connectivity index (χ1) is 8.22. The molecule has 0 amide bonds. The van der Waals surface area contributed by atoms with E-state index in [1.54, 1.807) is 12.3 Å². The molecule has 2 heterocycles. The standard InChI is InChI=1S/C12H15ClN4/c1-3-11-15-12(4-2)17(16-11)8-9-5-6-10(13)14-7-9/h5-7H,3-4,8H2,1-2H3. The zero-order chi connectivity index (χ0) is 12.3. The molecule has 0 aliphatic heterocycles. The smallest absolute Gasteiger partial charge is 0.150 e. The third kappa shape index (κ3) is 2.82.